The van der Waals surface area contributed by atoms with Gasteiger partial charge in [-0.1, -0.05) is 35.9 Å². The van der Waals surface area contributed by atoms with Crippen LogP contribution in [0.1, 0.15) is 25.3 Å². The number of allylic oxidation sites excluding steroid dienone is 2. The van der Waals surface area contributed by atoms with Gasteiger partial charge in [-0.25, -0.2) is 0 Å². The highest BCUT2D eigenvalue weighted by molar-refractivity contribution is 6.31. The van der Waals surface area contributed by atoms with E-state index in [4.69, 9.17) is 17.3 Å². The third-order valence-electron chi connectivity index (χ3n) is 5.64. The molecular weight excluding hydrogens is 358 g/mol. The fraction of sp³-hybridized carbons (Fsp3) is 0.381. The Morgan fingerprint density at radius 3 is 2.44 bits per heavy atom. The minimum Gasteiger partial charge on any atom is -0.399 e. The maximum absolute atomic E-state index is 9.89. The molecule has 1 aliphatic heterocycles. The second-order valence-corrected chi connectivity index (χ2v) is 7.63. The lowest BCUT2D eigenvalue weighted by atomic mass is 9.60. The molecule has 27 heavy (non-hydrogen) atoms. The molecule has 2 atom stereocenters. The molecule has 0 radical (unpaired) electrons. The maximum Gasteiger partial charge on any atom is 0.204 e. The van der Waals surface area contributed by atoms with Crippen LogP contribution in [-0.4, -0.2) is 24.0 Å². The van der Waals surface area contributed by atoms with Crippen molar-refractivity contribution in [3.63, 3.8) is 0 Å². The lowest BCUT2D eigenvalue weighted by Gasteiger charge is -2.46. The number of halogens is 1. The van der Waals surface area contributed by atoms with Crippen LogP contribution in [-0.2, 0) is 0 Å². The molecule has 0 fully saturated rings. The molecule has 1 aromatic rings. The van der Waals surface area contributed by atoms with E-state index in [-0.39, 0.29) is 23.1 Å². The van der Waals surface area contributed by atoms with Crippen LogP contribution in [0.3, 0.4) is 0 Å². The lowest BCUT2D eigenvalue weighted by Crippen LogP contribution is -2.48. The van der Waals surface area contributed by atoms with Crippen molar-refractivity contribution in [2.45, 2.75) is 25.8 Å². The molecule has 136 valence electrons. The van der Waals surface area contributed by atoms with Gasteiger partial charge in [-0.15, -0.1) is 0 Å². The third kappa shape index (κ3) is 2.79. The van der Waals surface area contributed by atoms with Crippen LogP contribution in [0.15, 0.2) is 47.2 Å². The molecule has 2 aliphatic rings. The molecule has 0 spiro atoms. The average molecular weight is 378 g/mol. The first-order valence-corrected chi connectivity index (χ1v) is 9.20. The van der Waals surface area contributed by atoms with Crippen LogP contribution in [0, 0.1) is 45.3 Å². The van der Waals surface area contributed by atoms with E-state index in [2.05, 4.69) is 37.0 Å². The summed E-state index contributed by atoms with van der Waals surface area (Å²) < 4.78 is 0. The van der Waals surface area contributed by atoms with Gasteiger partial charge in [0.25, 0.3) is 0 Å². The molecule has 2 N–H and O–H groups in total. The van der Waals surface area contributed by atoms with Crippen molar-refractivity contribution in [3.05, 3.63) is 57.8 Å². The average Bonchev–Trinajstić information content (AvgIpc) is 2.68. The van der Waals surface area contributed by atoms with Gasteiger partial charge in [0.15, 0.2) is 0 Å². The van der Waals surface area contributed by atoms with Gasteiger partial charge >= 0.3 is 0 Å². The van der Waals surface area contributed by atoms with Crippen LogP contribution >= 0.6 is 11.6 Å². The van der Waals surface area contributed by atoms with E-state index in [0.29, 0.717) is 29.7 Å². The largest absolute Gasteiger partial charge is 0.399 e. The van der Waals surface area contributed by atoms with Gasteiger partial charge in [-0.3, -0.25) is 4.90 Å². The number of hydrogen-bond acceptors (Lipinski definition) is 5. The van der Waals surface area contributed by atoms with E-state index in [0.717, 1.165) is 5.56 Å². The zero-order valence-electron chi connectivity index (χ0n) is 15.3. The summed E-state index contributed by atoms with van der Waals surface area (Å²) in [5.41, 5.74) is 6.46. The highest BCUT2D eigenvalue weighted by atomic mass is 35.5. The Hall–Kier alpha value is -2.78. The number of nitrogens with two attached hydrogens (primary N) is 1. The predicted molar refractivity (Wildman–Crippen MR) is 103 cm³/mol. The molecule has 0 aromatic heterocycles. The molecule has 5 nitrogen and oxygen atoms in total. The number of fused-ring (bicyclic) bond motifs is 1. The van der Waals surface area contributed by atoms with E-state index >= 15 is 0 Å². The van der Waals surface area contributed by atoms with Gasteiger partial charge in [0.2, 0.25) is 5.41 Å². The van der Waals surface area contributed by atoms with E-state index in [1.54, 1.807) is 6.07 Å². The lowest BCUT2D eigenvalue weighted by molar-refractivity contribution is 0.186. The topological polar surface area (TPSA) is 101 Å². The first-order valence-electron chi connectivity index (χ1n) is 8.83. The number of hydrogen-bond donors (Lipinski definition) is 1. The Morgan fingerprint density at radius 2 is 1.89 bits per heavy atom. The van der Waals surface area contributed by atoms with Crippen LogP contribution in [0.4, 0.5) is 0 Å². The van der Waals surface area contributed by atoms with Gasteiger partial charge in [-0.2, -0.15) is 15.8 Å². The van der Waals surface area contributed by atoms with Crippen molar-refractivity contribution >= 4 is 11.6 Å². The molecule has 0 unspecified atom stereocenters. The van der Waals surface area contributed by atoms with Crippen molar-refractivity contribution in [2.75, 3.05) is 13.1 Å². The Balaban J connectivity index is 2.31. The molecule has 0 amide bonds. The first kappa shape index (κ1) is 19.0. The van der Waals surface area contributed by atoms with Crippen LogP contribution < -0.4 is 5.73 Å². The standard InChI is InChI=1S/C21H20ClN5/c1-13(2)27-8-7-17-16(10-27)19(14-5-3-4-6-18(14)22)15(9-23)20(26)21(17,11-24)12-25/h3-7,13,16,19H,8,10,26H2,1-2H3/t16-,19+/m0/s1. The molecule has 1 aromatic carbocycles. The molecule has 0 saturated heterocycles. The zero-order chi connectivity index (χ0) is 19.8. The summed E-state index contributed by atoms with van der Waals surface area (Å²) in [4.78, 5) is 2.26. The minimum absolute atomic E-state index is 0.0282. The Labute approximate surface area is 164 Å². The second kappa shape index (κ2) is 7.09. The number of nitrogens with zero attached hydrogens (tertiary/aromatic N) is 4. The van der Waals surface area contributed by atoms with Crippen molar-refractivity contribution in [2.24, 2.45) is 17.1 Å². The van der Waals surface area contributed by atoms with Gasteiger partial charge in [-0.05, 0) is 31.1 Å². The minimum atomic E-state index is -1.60. The molecule has 0 bridgehead atoms. The van der Waals surface area contributed by atoms with Crippen molar-refractivity contribution in [3.8, 4) is 18.2 Å². The Kier molecular flexibility index (Phi) is 4.99. The summed E-state index contributed by atoms with van der Waals surface area (Å²) in [5.74, 6) is -0.603. The molecular formula is C21H20ClN5. The monoisotopic (exact) mass is 377 g/mol. The summed E-state index contributed by atoms with van der Waals surface area (Å²) in [5, 5.41) is 30.2. The SMILES string of the molecule is CC(C)N1CC=C2[C@H](C1)[C@H](c1ccccc1Cl)C(C#N)=C(N)C2(C#N)C#N. The molecule has 1 heterocycles. The molecule has 6 heteroatoms. The van der Waals surface area contributed by atoms with Crippen molar-refractivity contribution in [1.82, 2.24) is 4.90 Å². The number of benzene rings is 1. The summed E-state index contributed by atoms with van der Waals surface area (Å²) in [7, 11) is 0. The van der Waals surface area contributed by atoms with E-state index in [1.807, 2.05) is 24.3 Å². The fourth-order valence-electron chi connectivity index (χ4n) is 4.16. The normalized spacial score (nSPS) is 24.4. The van der Waals surface area contributed by atoms with Gasteiger partial charge in [0, 0.05) is 36.0 Å². The highest BCUT2D eigenvalue weighted by Crippen LogP contribution is 2.53. The zero-order valence-corrected chi connectivity index (χ0v) is 16.0. The maximum atomic E-state index is 9.89. The summed E-state index contributed by atoms with van der Waals surface area (Å²) in [6, 6.07) is 14.0. The fourth-order valence-corrected chi connectivity index (χ4v) is 4.41. The smallest absolute Gasteiger partial charge is 0.204 e. The van der Waals surface area contributed by atoms with Crippen molar-refractivity contribution in [1.29, 1.82) is 15.8 Å². The van der Waals surface area contributed by atoms with Gasteiger partial charge < -0.3 is 5.73 Å². The molecule has 0 saturated carbocycles. The van der Waals surface area contributed by atoms with Crippen LogP contribution in [0.5, 0.6) is 0 Å². The molecule has 3 rings (SSSR count). The summed E-state index contributed by atoms with van der Waals surface area (Å²) >= 11 is 6.46. The van der Waals surface area contributed by atoms with Crippen molar-refractivity contribution < 1.29 is 0 Å². The highest BCUT2D eigenvalue weighted by Gasteiger charge is 2.52. The summed E-state index contributed by atoms with van der Waals surface area (Å²) in [6.45, 7) is 5.47. The first-order chi connectivity index (χ1) is 12.9. The molecule has 1 aliphatic carbocycles. The quantitative estimate of drug-likeness (QED) is 0.795. The summed E-state index contributed by atoms with van der Waals surface area (Å²) in [6.07, 6.45) is 1.94. The number of nitriles is 3. The van der Waals surface area contributed by atoms with E-state index in [1.165, 1.54) is 0 Å². The third-order valence-corrected chi connectivity index (χ3v) is 5.99. The van der Waals surface area contributed by atoms with Crippen LogP contribution in [0.2, 0.25) is 5.02 Å². The Bertz CT molecular complexity index is 940. The Morgan fingerprint density at radius 1 is 1.22 bits per heavy atom. The van der Waals surface area contributed by atoms with E-state index in [9.17, 15) is 15.8 Å². The number of rotatable bonds is 2. The van der Waals surface area contributed by atoms with Gasteiger partial charge in [0.05, 0.1) is 29.5 Å². The van der Waals surface area contributed by atoms with E-state index < -0.39 is 5.41 Å². The van der Waals surface area contributed by atoms with Gasteiger partial charge in [0.1, 0.15) is 0 Å². The predicted octanol–water partition coefficient (Wildman–Crippen LogP) is 3.47. The van der Waals surface area contributed by atoms with Crippen LogP contribution in [0.25, 0.3) is 0 Å². The second-order valence-electron chi connectivity index (χ2n) is 7.23.